The van der Waals surface area contributed by atoms with Crippen LogP contribution in [0.15, 0.2) is 30.3 Å². The number of rotatable bonds is 7. The Morgan fingerprint density at radius 1 is 1.04 bits per heavy atom. The van der Waals surface area contributed by atoms with E-state index in [9.17, 15) is 8.42 Å². The van der Waals surface area contributed by atoms with Gasteiger partial charge in [-0.1, -0.05) is 32.0 Å². The molecule has 0 aliphatic rings. The molecule has 2 aromatic rings. The van der Waals surface area contributed by atoms with Gasteiger partial charge in [-0.15, -0.1) is 10.2 Å². The minimum Gasteiger partial charge on any atom is -0.338 e. The molecule has 0 unspecified atom stereocenters. The molecule has 0 fully saturated rings. The Morgan fingerprint density at radius 3 is 2.35 bits per heavy atom. The van der Waals surface area contributed by atoms with Gasteiger partial charge in [0.1, 0.15) is 0 Å². The fourth-order valence-corrected chi connectivity index (χ4v) is 3.33. The van der Waals surface area contributed by atoms with Crippen molar-refractivity contribution < 1.29 is 8.42 Å². The molecule has 0 saturated carbocycles. The molecule has 124 valence electrons. The van der Waals surface area contributed by atoms with E-state index in [1.54, 1.807) is 12.1 Å². The van der Waals surface area contributed by atoms with Crippen LogP contribution < -0.4 is 10.0 Å². The smallest absolute Gasteiger partial charge is 0.233 e. The molecular weight excluding hydrogens is 312 g/mol. The quantitative estimate of drug-likeness (QED) is 0.812. The maximum absolute atomic E-state index is 11.7. The predicted molar refractivity (Wildman–Crippen MR) is 93.6 cm³/mol. The van der Waals surface area contributed by atoms with Crippen LogP contribution in [0.25, 0.3) is 0 Å². The van der Waals surface area contributed by atoms with Gasteiger partial charge in [-0.2, -0.15) is 0 Å². The van der Waals surface area contributed by atoms with Crippen LogP contribution in [0.1, 0.15) is 31.4 Å². The number of aryl methyl sites for hydroxylation is 2. The molecular formula is C16H22N4O2S. The van der Waals surface area contributed by atoms with Crippen molar-refractivity contribution in [3.05, 3.63) is 41.5 Å². The lowest BCUT2D eigenvalue weighted by Gasteiger charge is -2.13. The Bertz CT molecular complexity index is 758. The number of anilines is 3. The predicted octanol–water partition coefficient (Wildman–Crippen LogP) is 3.24. The maximum atomic E-state index is 11.7. The lowest BCUT2D eigenvalue weighted by atomic mass is 10.1. The monoisotopic (exact) mass is 334 g/mol. The molecule has 7 heteroatoms. The van der Waals surface area contributed by atoms with E-state index >= 15 is 0 Å². The maximum Gasteiger partial charge on any atom is 0.233 e. The lowest BCUT2D eigenvalue weighted by Crippen LogP contribution is -2.17. The van der Waals surface area contributed by atoms with Crippen molar-refractivity contribution >= 4 is 27.3 Å². The molecule has 6 nitrogen and oxygen atoms in total. The molecule has 0 radical (unpaired) electrons. The van der Waals surface area contributed by atoms with Crippen molar-refractivity contribution in [3.63, 3.8) is 0 Å². The molecule has 1 aromatic carbocycles. The second-order valence-corrected chi connectivity index (χ2v) is 7.15. The van der Waals surface area contributed by atoms with Crippen molar-refractivity contribution in [1.82, 2.24) is 10.2 Å². The SMILES string of the molecule is CCCS(=O)(=O)Nc1ccc(Nc2c(C)cccc2CC)nn1. The van der Waals surface area contributed by atoms with Crippen LogP contribution >= 0.6 is 0 Å². The largest absolute Gasteiger partial charge is 0.338 e. The van der Waals surface area contributed by atoms with Crippen LogP contribution in [0.5, 0.6) is 0 Å². The van der Waals surface area contributed by atoms with Crippen LogP contribution in [0.4, 0.5) is 17.3 Å². The van der Waals surface area contributed by atoms with Crippen LogP contribution in [0.3, 0.4) is 0 Å². The Balaban J connectivity index is 2.15. The Morgan fingerprint density at radius 2 is 1.74 bits per heavy atom. The molecule has 0 saturated heterocycles. The molecule has 2 rings (SSSR count). The van der Waals surface area contributed by atoms with E-state index in [4.69, 9.17) is 0 Å². The van der Waals surface area contributed by atoms with Crippen molar-refractivity contribution in [2.75, 3.05) is 15.8 Å². The first-order valence-corrected chi connectivity index (χ1v) is 9.30. The minimum atomic E-state index is -3.35. The summed E-state index contributed by atoms with van der Waals surface area (Å²) in [7, 11) is -3.35. The zero-order valence-electron chi connectivity index (χ0n) is 13.6. The van der Waals surface area contributed by atoms with E-state index in [0.29, 0.717) is 12.2 Å². The summed E-state index contributed by atoms with van der Waals surface area (Å²) in [5.74, 6) is 0.870. The standard InChI is InChI=1S/C16H22N4O2S/c1-4-11-23(21,22)20-15-10-9-14(18-19-15)17-16-12(3)7-6-8-13(16)5-2/h6-10H,4-5,11H2,1-3H3,(H,17,18)(H,19,20). The second kappa shape index (κ2) is 7.41. The van der Waals surface area contributed by atoms with Crippen molar-refractivity contribution in [1.29, 1.82) is 0 Å². The number of sulfonamides is 1. The van der Waals surface area contributed by atoms with Gasteiger partial charge in [0.25, 0.3) is 0 Å². The first-order valence-electron chi connectivity index (χ1n) is 7.65. The van der Waals surface area contributed by atoms with Gasteiger partial charge in [-0.25, -0.2) is 8.42 Å². The Labute approximate surface area is 137 Å². The summed E-state index contributed by atoms with van der Waals surface area (Å²) in [4.78, 5) is 0. The lowest BCUT2D eigenvalue weighted by molar-refractivity contribution is 0.599. The highest BCUT2D eigenvalue weighted by molar-refractivity contribution is 7.92. The van der Waals surface area contributed by atoms with Crippen LogP contribution in [-0.4, -0.2) is 24.4 Å². The van der Waals surface area contributed by atoms with Crippen LogP contribution in [0, 0.1) is 6.92 Å². The van der Waals surface area contributed by atoms with Gasteiger partial charge >= 0.3 is 0 Å². The second-order valence-electron chi connectivity index (χ2n) is 5.31. The van der Waals surface area contributed by atoms with Gasteiger partial charge in [-0.05, 0) is 43.0 Å². The minimum absolute atomic E-state index is 0.0672. The van der Waals surface area contributed by atoms with E-state index in [-0.39, 0.29) is 11.6 Å². The molecule has 0 aliphatic carbocycles. The fourth-order valence-electron chi connectivity index (χ4n) is 2.26. The molecule has 0 amide bonds. The fraction of sp³-hybridized carbons (Fsp3) is 0.375. The van der Waals surface area contributed by atoms with E-state index in [1.165, 1.54) is 5.56 Å². The third-order valence-corrected chi connectivity index (χ3v) is 4.86. The summed E-state index contributed by atoms with van der Waals surface area (Å²) in [5, 5.41) is 11.2. The molecule has 0 aliphatic heterocycles. The summed E-state index contributed by atoms with van der Waals surface area (Å²) in [5.41, 5.74) is 3.34. The Kier molecular flexibility index (Phi) is 5.54. The molecule has 23 heavy (non-hydrogen) atoms. The number of nitrogens with zero attached hydrogens (tertiary/aromatic N) is 2. The summed E-state index contributed by atoms with van der Waals surface area (Å²) >= 11 is 0. The Hall–Kier alpha value is -2.15. The topological polar surface area (TPSA) is 84.0 Å². The first kappa shape index (κ1) is 17.2. The normalized spacial score (nSPS) is 11.3. The number of aromatic nitrogens is 2. The van der Waals surface area contributed by atoms with Gasteiger partial charge in [0.15, 0.2) is 11.6 Å². The van der Waals surface area contributed by atoms with E-state index in [1.807, 2.05) is 26.0 Å². The number of hydrogen-bond acceptors (Lipinski definition) is 5. The van der Waals surface area contributed by atoms with Crippen LogP contribution in [0.2, 0.25) is 0 Å². The van der Waals surface area contributed by atoms with Gasteiger partial charge in [0.05, 0.1) is 5.75 Å². The highest BCUT2D eigenvalue weighted by atomic mass is 32.2. The average Bonchev–Trinajstić information content (AvgIpc) is 2.50. The van der Waals surface area contributed by atoms with Crippen molar-refractivity contribution in [2.24, 2.45) is 0 Å². The summed E-state index contributed by atoms with van der Waals surface area (Å²) < 4.78 is 25.8. The van der Waals surface area contributed by atoms with E-state index in [2.05, 4.69) is 33.2 Å². The molecule has 0 atom stereocenters. The third-order valence-electron chi connectivity index (χ3n) is 3.39. The van der Waals surface area contributed by atoms with Gasteiger partial charge in [0.2, 0.25) is 10.0 Å². The summed E-state index contributed by atoms with van der Waals surface area (Å²) in [6.45, 7) is 5.94. The number of benzene rings is 1. The summed E-state index contributed by atoms with van der Waals surface area (Å²) in [6.07, 6.45) is 1.46. The van der Waals surface area contributed by atoms with Gasteiger partial charge in [-0.3, -0.25) is 4.72 Å². The molecule has 0 bridgehead atoms. The first-order chi connectivity index (χ1) is 10.9. The average molecular weight is 334 g/mol. The van der Waals surface area contributed by atoms with Crippen molar-refractivity contribution in [3.8, 4) is 0 Å². The third kappa shape index (κ3) is 4.66. The molecule has 1 aromatic heterocycles. The zero-order chi connectivity index (χ0) is 16.9. The van der Waals surface area contributed by atoms with Crippen molar-refractivity contribution in [2.45, 2.75) is 33.6 Å². The zero-order valence-corrected chi connectivity index (χ0v) is 14.4. The molecule has 0 spiro atoms. The molecule has 1 heterocycles. The van der Waals surface area contributed by atoms with Gasteiger partial charge in [0, 0.05) is 5.69 Å². The molecule has 2 N–H and O–H groups in total. The highest BCUT2D eigenvalue weighted by Crippen LogP contribution is 2.24. The number of hydrogen-bond donors (Lipinski definition) is 2. The van der Waals surface area contributed by atoms with E-state index < -0.39 is 10.0 Å². The summed E-state index contributed by atoms with van der Waals surface area (Å²) in [6, 6.07) is 9.43. The van der Waals surface area contributed by atoms with Gasteiger partial charge < -0.3 is 5.32 Å². The van der Waals surface area contributed by atoms with E-state index in [0.717, 1.165) is 17.7 Å². The van der Waals surface area contributed by atoms with Crippen LogP contribution in [-0.2, 0) is 16.4 Å². The highest BCUT2D eigenvalue weighted by Gasteiger charge is 2.10. The number of nitrogens with one attached hydrogen (secondary N) is 2. The number of para-hydroxylation sites is 1.